The maximum atomic E-state index is 13.5. The molecule has 0 spiro atoms. The summed E-state index contributed by atoms with van der Waals surface area (Å²) >= 11 is 0. The standard InChI is InChI=1S/C27H28N2O3/c1-5-32-26(31)19-12-16-21(17-13-19)29-24(18-10-14-20(15-11-18)27(2,3)4)28-23-9-7-6-8-22(23)25(29)30/h6-17,24,28H,5H2,1-4H3/t24-/m0/s1. The number of para-hydroxylation sites is 1. The summed E-state index contributed by atoms with van der Waals surface area (Å²) in [5.74, 6) is -0.463. The van der Waals surface area contributed by atoms with Gasteiger partial charge in [-0.25, -0.2) is 4.79 Å². The van der Waals surface area contributed by atoms with Crippen molar-refractivity contribution < 1.29 is 14.3 Å². The van der Waals surface area contributed by atoms with Gasteiger partial charge in [0.2, 0.25) is 0 Å². The first-order valence-electron chi connectivity index (χ1n) is 10.9. The second-order valence-corrected chi connectivity index (χ2v) is 8.91. The number of benzene rings is 3. The van der Waals surface area contributed by atoms with Gasteiger partial charge in [-0.1, -0.05) is 57.2 Å². The van der Waals surface area contributed by atoms with Crippen LogP contribution in [0.4, 0.5) is 11.4 Å². The molecule has 0 fully saturated rings. The lowest BCUT2D eigenvalue weighted by molar-refractivity contribution is 0.0526. The Bertz CT molecular complexity index is 1130. The third-order valence-corrected chi connectivity index (χ3v) is 5.68. The molecule has 0 bridgehead atoms. The lowest BCUT2D eigenvalue weighted by Gasteiger charge is -2.38. The van der Waals surface area contributed by atoms with Crippen LogP contribution >= 0.6 is 0 Å². The minimum atomic E-state index is -0.375. The number of anilines is 2. The summed E-state index contributed by atoms with van der Waals surface area (Å²) in [6.45, 7) is 8.63. The molecule has 0 saturated heterocycles. The third-order valence-electron chi connectivity index (χ3n) is 5.68. The largest absolute Gasteiger partial charge is 0.462 e. The second kappa shape index (κ2) is 8.50. The van der Waals surface area contributed by atoms with E-state index in [1.807, 2.05) is 24.3 Å². The molecule has 0 aromatic heterocycles. The first-order valence-corrected chi connectivity index (χ1v) is 10.9. The maximum Gasteiger partial charge on any atom is 0.338 e. The molecule has 3 aromatic rings. The van der Waals surface area contributed by atoms with Crippen molar-refractivity contribution in [2.24, 2.45) is 0 Å². The summed E-state index contributed by atoms with van der Waals surface area (Å²) in [5.41, 5.74) is 4.84. The minimum absolute atomic E-state index is 0.0452. The summed E-state index contributed by atoms with van der Waals surface area (Å²) < 4.78 is 5.08. The zero-order chi connectivity index (χ0) is 22.9. The summed E-state index contributed by atoms with van der Waals surface area (Å²) in [6, 6.07) is 22.9. The number of carbonyl (C=O) groups is 2. The van der Waals surface area contributed by atoms with E-state index in [2.05, 4.69) is 50.4 Å². The molecule has 164 valence electrons. The molecule has 4 rings (SSSR count). The summed E-state index contributed by atoms with van der Waals surface area (Å²) in [4.78, 5) is 27.3. The number of fused-ring (bicyclic) bond motifs is 1. The SMILES string of the molecule is CCOC(=O)c1ccc(N2C(=O)c3ccccc3N[C@@H]2c2ccc(C(C)(C)C)cc2)cc1. The predicted molar refractivity (Wildman–Crippen MR) is 127 cm³/mol. The highest BCUT2D eigenvalue weighted by Gasteiger charge is 2.34. The number of rotatable bonds is 4. The quantitative estimate of drug-likeness (QED) is 0.523. The van der Waals surface area contributed by atoms with Crippen molar-refractivity contribution in [1.82, 2.24) is 0 Å². The van der Waals surface area contributed by atoms with Gasteiger partial charge in [0, 0.05) is 11.4 Å². The number of esters is 1. The van der Waals surface area contributed by atoms with E-state index in [-0.39, 0.29) is 23.5 Å². The van der Waals surface area contributed by atoms with Crippen LogP contribution in [0.2, 0.25) is 0 Å². The normalized spacial score (nSPS) is 15.7. The van der Waals surface area contributed by atoms with E-state index < -0.39 is 0 Å². The first kappa shape index (κ1) is 21.6. The van der Waals surface area contributed by atoms with Crippen molar-refractivity contribution in [2.75, 3.05) is 16.8 Å². The molecule has 5 heteroatoms. The van der Waals surface area contributed by atoms with Crippen LogP contribution in [-0.4, -0.2) is 18.5 Å². The highest BCUT2D eigenvalue weighted by molar-refractivity contribution is 6.12. The van der Waals surface area contributed by atoms with Gasteiger partial charge in [0.25, 0.3) is 5.91 Å². The number of amides is 1. The molecule has 0 unspecified atom stereocenters. The maximum absolute atomic E-state index is 13.5. The highest BCUT2D eigenvalue weighted by Crippen LogP contribution is 2.37. The van der Waals surface area contributed by atoms with Crippen molar-refractivity contribution in [2.45, 2.75) is 39.3 Å². The number of nitrogens with one attached hydrogen (secondary N) is 1. The Morgan fingerprint density at radius 1 is 0.969 bits per heavy atom. The average Bonchev–Trinajstić information content (AvgIpc) is 2.79. The molecule has 5 nitrogen and oxygen atoms in total. The Hall–Kier alpha value is -3.60. The average molecular weight is 429 g/mol. The van der Waals surface area contributed by atoms with Gasteiger partial charge >= 0.3 is 5.97 Å². The van der Waals surface area contributed by atoms with Crippen LogP contribution in [0.3, 0.4) is 0 Å². The van der Waals surface area contributed by atoms with Gasteiger partial charge in [0.1, 0.15) is 6.17 Å². The van der Waals surface area contributed by atoms with Gasteiger partial charge in [-0.2, -0.15) is 0 Å². The Balaban J connectivity index is 1.75. The van der Waals surface area contributed by atoms with Gasteiger partial charge < -0.3 is 10.1 Å². The van der Waals surface area contributed by atoms with E-state index in [0.29, 0.717) is 23.4 Å². The minimum Gasteiger partial charge on any atom is -0.462 e. The van der Waals surface area contributed by atoms with E-state index in [0.717, 1.165) is 11.3 Å². The molecule has 0 saturated carbocycles. The molecule has 1 aliphatic rings. The molecule has 1 aliphatic heterocycles. The van der Waals surface area contributed by atoms with Gasteiger partial charge in [-0.3, -0.25) is 9.69 Å². The molecule has 32 heavy (non-hydrogen) atoms. The van der Waals surface area contributed by atoms with Crippen molar-refractivity contribution in [3.8, 4) is 0 Å². The van der Waals surface area contributed by atoms with Crippen LogP contribution in [0.25, 0.3) is 0 Å². The summed E-state index contributed by atoms with van der Waals surface area (Å²) in [6.07, 6.45) is -0.375. The van der Waals surface area contributed by atoms with Gasteiger partial charge in [-0.05, 0) is 59.9 Å². The predicted octanol–water partition coefficient (Wildman–Crippen LogP) is 5.93. The smallest absolute Gasteiger partial charge is 0.338 e. The number of hydrogen-bond donors (Lipinski definition) is 1. The molecular formula is C27H28N2O3. The molecule has 0 radical (unpaired) electrons. The zero-order valence-electron chi connectivity index (χ0n) is 18.9. The van der Waals surface area contributed by atoms with Crippen LogP contribution in [0.15, 0.2) is 72.8 Å². The molecule has 3 aromatic carbocycles. The van der Waals surface area contributed by atoms with E-state index in [9.17, 15) is 9.59 Å². The Morgan fingerprint density at radius 3 is 2.25 bits per heavy atom. The number of carbonyl (C=O) groups excluding carboxylic acids is 2. The Kier molecular flexibility index (Phi) is 5.74. The molecule has 1 atom stereocenters. The lowest BCUT2D eigenvalue weighted by Crippen LogP contribution is -2.43. The third kappa shape index (κ3) is 4.11. The van der Waals surface area contributed by atoms with Crippen molar-refractivity contribution in [3.63, 3.8) is 0 Å². The molecule has 1 heterocycles. The number of ether oxygens (including phenoxy) is 1. The number of hydrogen-bond acceptors (Lipinski definition) is 4. The highest BCUT2D eigenvalue weighted by atomic mass is 16.5. The summed E-state index contributed by atoms with van der Waals surface area (Å²) in [5, 5.41) is 3.52. The van der Waals surface area contributed by atoms with E-state index in [1.54, 1.807) is 36.1 Å². The van der Waals surface area contributed by atoms with Crippen LogP contribution in [0.1, 0.15) is 65.7 Å². The monoisotopic (exact) mass is 428 g/mol. The van der Waals surface area contributed by atoms with Crippen LogP contribution < -0.4 is 10.2 Å². The fourth-order valence-electron chi connectivity index (χ4n) is 3.89. The van der Waals surface area contributed by atoms with Gasteiger partial charge in [-0.15, -0.1) is 0 Å². The van der Waals surface area contributed by atoms with Crippen molar-refractivity contribution >= 4 is 23.3 Å². The van der Waals surface area contributed by atoms with Crippen LogP contribution in [0.5, 0.6) is 0 Å². The molecular weight excluding hydrogens is 400 g/mol. The zero-order valence-corrected chi connectivity index (χ0v) is 18.9. The fraction of sp³-hybridized carbons (Fsp3) is 0.259. The van der Waals surface area contributed by atoms with Crippen LogP contribution in [0, 0.1) is 0 Å². The molecule has 0 aliphatic carbocycles. The Morgan fingerprint density at radius 2 is 1.62 bits per heavy atom. The second-order valence-electron chi connectivity index (χ2n) is 8.91. The summed E-state index contributed by atoms with van der Waals surface area (Å²) in [7, 11) is 0. The molecule has 1 amide bonds. The van der Waals surface area contributed by atoms with Crippen LogP contribution in [-0.2, 0) is 10.2 Å². The van der Waals surface area contributed by atoms with Gasteiger partial charge in [0.15, 0.2) is 0 Å². The van der Waals surface area contributed by atoms with E-state index in [1.165, 1.54) is 5.56 Å². The van der Waals surface area contributed by atoms with E-state index >= 15 is 0 Å². The Labute approximate surface area is 189 Å². The molecule has 1 N–H and O–H groups in total. The van der Waals surface area contributed by atoms with Crippen molar-refractivity contribution in [1.29, 1.82) is 0 Å². The van der Waals surface area contributed by atoms with E-state index in [4.69, 9.17) is 4.74 Å². The topological polar surface area (TPSA) is 58.6 Å². The van der Waals surface area contributed by atoms with Crippen molar-refractivity contribution in [3.05, 3.63) is 95.1 Å². The lowest BCUT2D eigenvalue weighted by atomic mass is 9.86. The fourth-order valence-corrected chi connectivity index (χ4v) is 3.89. The number of nitrogens with zero attached hydrogens (tertiary/aromatic N) is 1. The first-order chi connectivity index (χ1) is 15.3. The van der Waals surface area contributed by atoms with Gasteiger partial charge in [0.05, 0.1) is 17.7 Å².